The number of carbonyl (C=O) groups excluding carboxylic acids is 1. The lowest BCUT2D eigenvalue weighted by molar-refractivity contribution is -0.130. The highest BCUT2D eigenvalue weighted by atomic mass is 16.7. The Bertz CT molecular complexity index is 488. The number of nitrogens with zero attached hydrogens (tertiary/aromatic N) is 1. The van der Waals surface area contributed by atoms with Crippen LogP contribution in [0.4, 0.5) is 0 Å². The third-order valence-corrected chi connectivity index (χ3v) is 2.97. The van der Waals surface area contributed by atoms with E-state index in [0.29, 0.717) is 23.8 Å². The summed E-state index contributed by atoms with van der Waals surface area (Å²) in [6, 6.07) is 3.67. The van der Waals surface area contributed by atoms with Crippen LogP contribution in [0.15, 0.2) is 12.1 Å². The van der Waals surface area contributed by atoms with Crippen molar-refractivity contribution in [1.82, 2.24) is 10.2 Å². The molecule has 1 aliphatic heterocycles. The zero-order valence-electron chi connectivity index (χ0n) is 12.1. The first kappa shape index (κ1) is 14.5. The molecule has 1 aromatic carbocycles. The summed E-state index contributed by atoms with van der Waals surface area (Å²) in [6.45, 7) is 3.76. The largest absolute Gasteiger partial charge is 0.483 e. The van der Waals surface area contributed by atoms with Gasteiger partial charge in [-0.3, -0.25) is 4.79 Å². The van der Waals surface area contributed by atoms with Gasteiger partial charge in [-0.15, -0.1) is 0 Å². The van der Waals surface area contributed by atoms with Crippen LogP contribution in [0, 0.1) is 0 Å². The van der Waals surface area contributed by atoms with Gasteiger partial charge in [0.2, 0.25) is 6.79 Å². The molecule has 0 radical (unpaired) electrons. The number of hydrogen-bond acceptors (Lipinski definition) is 5. The average molecular weight is 280 g/mol. The molecule has 0 bridgehead atoms. The summed E-state index contributed by atoms with van der Waals surface area (Å²) in [6.07, 6.45) is 0. The molecule has 0 aliphatic carbocycles. The van der Waals surface area contributed by atoms with E-state index in [2.05, 4.69) is 5.32 Å². The molecule has 0 saturated carbocycles. The fourth-order valence-electron chi connectivity index (χ4n) is 1.77. The number of rotatable bonds is 6. The summed E-state index contributed by atoms with van der Waals surface area (Å²) in [5, 5.41) is 3.23. The van der Waals surface area contributed by atoms with Crippen LogP contribution in [0.25, 0.3) is 0 Å². The van der Waals surface area contributed by atoms with Crippen LogP contribution in [0.1, 0.15) is 12.5 Å². The van der Waals surface area contributed by atoms with E-state index in [1.807, 2.05) is 13.0 Å². The van der Waals surface area contributed by atoms with Gasteiger partial charge in [-0.25, -0.2) is 0 Å². The summed E-state index contributed by atoms with van der Waals surface area (Å²) in [5.41, 5.74) is 0.947. The first-order chi connectivity index (χ1) is 9.61. The topological polar surface area (TPSA) is 60.0 Å². The second kappa shape index (κ2) is 6.47. The van der Waals surface area contributed by atoms with Crippen LogP contribution < -0.4 is 19.5 Å². The maximum atomic E-state index is 11.6. The Hall–Kier alpha value is -1.95. The summed E-state index contributed by atoms with van der Waals surface area (Å²) < 4.78 is 16.3. The molecule has 110 valence electrons. The van der Waals surface area contributed by atoms with E-state index >= 15 is 0 Å². The highest BCUT2D eigenvalue weighted by Gasteiger charge is 2.18. The van der Waals surface area contributed by atoms with E-state index in [9.17, 15) is 4.79 Å². The van der Waals surface area contributed by atoms with Crippen molar-refractivity contribution in [2.24, 2.45) is 0 Å². The van der Waals surface area contributed by atoms with Crippen molar-refractivity contribution < 1.29 is 19.0 Å². The number of carbonyl (C=O) groups is 1. The molecule has 6 nitrogen and oxygen atoms in total. The van der Waals surface area contributed by atoms with E-state index in [1.54, 1.807) is 20.2 Å². The van der Waals surface area contributed by atoms with Gasteiger partial charge in [0.1, 0.15) is 5.75 Å². The van der Waals surface area contributed by atoms with Gasteiger partial charge in [0, 0.05) is 32.3 Å². The zero-order valence-corrected chi connectivity index (χ0v) is 12.1. The quantitative estimate of drug-likeness (QED) is 0.842. The van der Waals surface area contributed by atoms with E-state index < -0.39 is 0 Å². The maximum absolute atomic E-state index is 11.6. The normalized spacial score (nSPS) is 12.3. The summed E-state index contributed by atoms with van der Waals surface area (Å²) >= 11 is 0. The van der Waals surface area contributed by atoms with Crippen LogP contribution in [0.2, 0.25) is 0 Å². The highest BCUT2D eigenvalue weighted by Crippen LogP contribution is 2.38. The minimum atomic E-state index is -0.0860. The molecular formula is C14H20N2O4. The zero-order chi connectivity index (χ0) is 14.5. The van der Waals surface area contributed by atoms with Crippen molar-refractivity contribution in [3.63, 3.8) is 0 Å². The summed E-state index contributed by atoms with van der Waals surface area (Å²) in [7, 11) is 3.40. The number of benzene rings is 1. The lowest BCUT2D eigenvalue weighted by Gasteiger charge is -2.15. The van der Waals surface area contributed by atoms with Gasteiger partial charge in [-0.1, -0.05) is 6.92 Å². The summed E-state index contributed by atoms with van der Waals surface area (Å²) in [5.74, 6) is 1.92. The maximum Gasteiger partial charge on any atom is 0.259 e. The van der Waals surface area contributed by atoms with Gasteiger partial charge in [0.15, 0.2) is 18.1 Å². The predicted molar refractivity (Wildman–Crippen MR) is 74.1 cm³/mol. The van der Waals surface area contributed by atoms with Crippen molar-refractivity contribution in [2.75, 3.05) is 34.0 Å². The highest BCUT2D eigenvalue weighted by molar-refractivity contribution is 5.77. The van der Waals surface area contributed by atoms with Crippen molar-refractivity contribution in [2.45, 2.75) is 13.5 Å². The third kappa shape index (κ3) is 3.33. The molecule has 0 saturated heterocycles. The molecule has 1 heterocycles. The molecule has 0 aromatic heterocycles. The monoisotopic (exact) mass is 280 g/mol. The molecule has 0 unspecified atom stereocenters. The Morgan fingerprint density at radius 2 is 2.05 bits per heavy atom. The smallest absolute Gasteiger partial charge is 0.259 e. The Balaban J connectivity index is 2.14. The first-order valence-electron chi connectivity index (χ1n) is 6.58. The Labute approximate surface area is 118 Å². The molecule has 0 atom stereocenters. The number of amides is 1. The lowest BCUT2D eigenvalue weighted by Crippen LogP contribution is -2.27. The molecule has 6 heteroatoms. The number of likely N-dealkylation sites (N-methyl/N-ethyl adjacent to an activating group) is 1. The van der Waals surface area contributed by atoms with Crippen LogP contribution in [-0.2, 0) is 11.3 Å². The molecule has 1 aromatic rings. The SMILES string of the molecule is CCNCc1cc2c(cc1OCC(=O)N(C)C)OCO2. The second-order valence-corrected chi connectivity index (χ2v) is 4.67. The molecule has 20 heavy (non-hydrogen) atoms. The van der Waals surface area contributed by atoms with Crippen molar-refractivity contribution >= 4 is 5.91 Å². The van der Waals surface area contributed by atoms with Crippen molar-refractivity contribution in [3.05, 3.63) is 17.7 Å². The van der Waals surface area contributed by atoms with Crippen LogP contribution in [-0.4, -0.2) is 44.8 Å². The number of nitrogens with one attached hydrogen (secondary N) is 1. The third-order valence-electron chi connectivity index (χ3n) is 2.97. The van der Waals surface area contributed by atoms with Crippen molar-refractivity contribution in [1.29, 1.82) is 0 Å². The summed E-state index contributed by atoms with van der Waals surface area (Å²) in [4.78, 5) is 13.1. The minimum absolute atomic E-state index is 0.00572. The Morgan fingerprint density at radius 3 is 2.70 bits per heavy atom. The van der Waals surface area contributed by atoms with Gasteiger partial charge >= 0.3 is 0 Å². The van der Waals surface area contributed by atoms with Crippen molar-refractivity contribution in [3.8, 4) is 17.2 Å². The van der Waals surface area contributed by atoms with E-state index in [4.69, 9.17) is 14.2 Å². The van der Waals surface area contributed by atoms with Gasteiger partial charge in [0.05, 0.1) is 0 Å². The number of hydrogen-bond donors (Lipinski definition) is 1. The molecular weight excluding hydrogens is 260 g/mol. The number of fused-ring (bicyclic) bond motifs is 1. The van der Waals surface area contributed by atoms with Gasteiger partial charge < -0.3 is 24.4 Å². The van der Waals surface area contributed by atoms with Crippen LogP contribution in [0.5, 0.6) is 17.2 Å². The fraction of sp³-hybridized carbons (Fsp3) is 0.500. The molecule has 0 fully saturated rings. The van der Waals surface area contributed by atoms with Crippen LogP contribution in [0.3, 0.4) is 0 Å². The van der Waals surface area contributed by atoms with E-state index in [1.165, 1.54) is 4.90 Å². The van der Waals surface area contributed by atoms with Gasteiger partial charge in [0.25, 0.3) is 5.91 Å². The molecule has 0 spiro atoms. The first-order valence-corrected chi connectivity index (χ1v) is 6.58. The number of ether oxygens (including phenoxy) is 3. The molecule has 1 aliphatic rings. The average Bonchev–Trinajstić information content (AvgIpc) is 2.88. The van der Waals surface area contributed by atoms with E-state index in [-0.39, 0.29) is 19.3 Å². The fourth-order valence-corrected chi connectivity index (χ4v) is 1.77. The standard InChI is InChI=1S/C14H20N2O4/c1-4-15-7-10-5-12-13(20-9-19-12)6-11(10)18-8-14(17)16(2)3/h5-6,15H,4,7-9H2,1-3H3. The molecule has 1 amide bonds. The Morgan fingerprint density at radius 1 is 1.35 bits per heavy atom. The second-order valence-electron chi connectivity index (χ2n) is 4.67. The van der Waals surface area contributed by atoms with Crippen LogP contribution >= 0.6 is 0 Å². The van der Waals surface area contributed by atoms with Gasteiger partial charge in [-0.2, -0.15) is 0 Å². The predicted octanol–water partition coefficient (Wildman–Crippen LogP) is 0.992. The molecule has 1 N–H and O–H groups in total. The van der Waals surface area contributed by atoms with E-state index in [0.717, 1.165) is 12.1 Å². The Kier molecular flexibility index (Phi) is 4.68. The minimum Gasteiger partial charge on any atom is -0.483 e. The lowest BCUT2D eigenvalue weighted by atomic mass is 10.1. The molecule has 2 rings (SSSR count). The van der Waals surface area contributed by atoms with Gasteiger partial charge in [-0.05, 0) is 12.6 Å².